The maximum atomic E-state index is 5.89. The Labute approximate surface area is 98.8 Å². The molecule has 1 aliphatic heterocycles. The normalized spacial score (nSPS) is 23.2. The van der Waals surface area contributed by atoms with Gasteiger partial charge in [0.05, 0.1) is 17.0 Å². The lowest BCUT2D eigenvalue weighted by Crippen LogP contribution is -2.44. The minimum absolute atomic E-state index is 0.189. The second kappa shape index (κ2) is 5.27. The second-order valence-electron chi connectivity index (χ2n) is 3.67. The van der Waals surface area contributed by atoms with Gasteiger partial charge in [-0.3, -0.25) is 4.90 Å². The third-order valence-electron chi connectivity index (χ3n) is 2.49. The molecule has 0 unspecified atom stereocenters. The van der Waals surface area contributed by atoms with Crippen LogP contribution in [0.4, 0.5) is 0 Å². The summed E-state index contributed by atoms with van der Waals surface area (Å²) in [5.74, 6) is 0. The molecule has 3 nitrogen and oxygen atoms in total. The average Bonchev–Trinajstić information content (AvgIpc) is 2.64. The van der Waals surface area contributed by atoms with Crippen molar-refractivity contribution in [1.29, 1.82) is 0 Å². The largest absolute Gasteiger partial charge is 0.374 e. The van der Waals surface area contributed by atoms with E-state index in [4.69, 9.17) is 22.1 Å². The Morgan fingerprint density at radius 1 is 1.60 bits per heavy atom. The van der Waals surface area contributed by atoms with Gasteiger partial charge >= 0.3 is 0 Å². The Hall–Kier alpha value is -0.130. The van der Waals surface area contributed by atoms with Crippen molar-refractivity contribution in [3.63, 3.8) is 0 Å². The van der Waals surface area contributed by atoms with E-state index in [1.54, 1.807) is 11.3 Å². The van der Waals surface area contributed by atoms with E-state index >= 15 is 0 Å². The van der Waals surface area contributed by atoms with Gasteiger partial charge in [0.2, 0.25) is 0 Å². The topological polar surface area (TPSA) is 38.5 Å². The van der Waals surface area contributed by atoms with E-state index in [-0.39, 0.29) is 6.10 Å². The van der Waals surface area contributed by atoms with Crippen LogP contribution in [-0.2, 0) is 11.3 Å². The van der Waals surface area contributed by atoms with E-state index in [9.17, 15) is 0 Å². The number of nitrogens with zero attached hydrogens (tertiary/aromatic N) is 1. The first kappa shape index (κ1) is 11.4. The molecule has 0 spiro atoms. The Bertz CT molecular complexity index is 318. The number of rotatable bonds is 3. The summed E-state index contributed by atoms with van der Waals surface area (Å²) in [6, 6.07) is 4.03. The summed E-state index contributed by atoms with van der Waals surface area (Å²) in [5, 5.41) is 0. The van der Waals surface area contributed by atoms with E-state index in [2.05, 4.69) is 11.0 Å². The summed E-state index contributed by atoms with van der Waals surface area (Å²) in [6.07, 6.45) is 0.189. The van der Waals surface area contributed by atoms with Crippen molar-refractivity contribution in [1.82, 2.24) is 4.90 Å². The molecule has 1 aromatic rings. The SMILES string of the molecule is NC[C@H]1CN(Cc2ccc(Cl)s2)CCO1. The smallest absolute Gasteiger partial charge is 0.0931 e. The van der Waals surface area contributed by atoms with Crippen LogP contribution < -0.4 is 5.73 Å². The van der Waals surface area contributed by atoms with Crippen LogP contribution in [0.2, 0.25) is 4.34 Å². The van der Waals surface area contributed by atoms with Crippen LogP contribution in [-0.4, -0.2) is 37.2 Å². The third kappa shape index (κ3) is 3.16. The zero-order valence-electron chi connectivity index (χ0n) is 8.49. The predicted molar refractivity (Wildman–Crippen MR) is 63.4 cm³/mol. The molecule has 0 saturated carbocycles. The maximum absolute atomic E-state index is 5.89. The fourth-order valence-corrected chi connectivity index (χ4v) is 2.85. The molecule has 2 N–H and O–H groups in total. The van der Waals surface area contributed by atoms with Crippen LogP contribution in [0.3, 0.4) is 0 Å². The van der Waals surface area contributed by atoms with Crippen LogP contribution in [0.5, 0.6) is 0 Å². The van der Waals surface area contributed by atoms with Crippen molar-refractivity contribution in [2.24, 2.45) is 5.73 Å². The first-order valence-corrected chi connectivity index (χ1v) is 6.25. The Morgan fingerprint density at radius 3 is 3.13 bits per heavy atom. The van der Waals surface area contributed by atoms with E-state index < -0.39 is 0 Å². The predicted octanol–water partition coefficient (Wildman–Crippen LogP) is 1.56. The second-order valence-corrected chi connectivity index (χ2v) is 5.47. The van der Waals surface area contributed by atoms with Gasteiger partial charge in [-0.1, -0.05) is 11.6 Å². The first-order valence-electron chi connectivity index (χ1n) is 5.06. The number of hydrogen-bond donors (Lipinski definition) is 1. The van der Waals surface area contributed by atoms with Crippen molar-refractivity contribution in [2.75, 3.05) is 26.2 Å². The molecule has 1 aliphatic rings. The van der Waals surface area contributed by atoms with Crippen molar-refractivity contribution in [3.05, 3.63) is 21.3 Å². The number of halogens is 1. The average molecular weight is 247 g/mol. The molecular weight excluding hydrogens is 232 g/mol. The number of hydrogen-bond acceptors (Lipinski definition) is 4. The highest BCUT2D eigenvalue weighted by Gasteiger charge is 2.19. The van der Waals surface area contributed by atoms with E-state index in [0.717, 1.165) is 30.6 Å². The van der Waals surface area contributed by atoms with Gasteiger partial charge in [0.15, 0.2) is 0 Å². The molecule has 2 rings (SSSR count). The van der Waals surface area contributed by atoms with Crippen molar-refractivity contribution in [3.8, 4) is 0 Å². The van der Waals surface area contributed by atoms with Crippen molar-refractivity contribution < 1.29 is 4.74 Å². The Morgan fingerprint density at radius 2 is 2.47 bits per heavy atom. The van der Waals surface area contributed by atoms with Crippen molar-refractivity contribution in [2.45, 2.75) is 12.6 Å². The molecule has 15 heavy (non-hydrogen) atoms. The fourth-order valence-electron chi connectivity index (χ4n) is 1.72. The van der Waals surface area contributed by atoms with Gasteiger partial charge in [-0.25, -0.2) is 0 Å². The lowest BCUT2D eigenvalue weighted by Gasteiger charge is -2.31. The highest BCUT2D eigenvalue weighted by Crippen LogP contribution is 2.23. The highest BCUT2D eigenvalue weighted by molar-refractivity contribution is 7.16. The summed E-state index contributed by atoms with van der Waals surface area (Å²) in [6.45, 7) is 4.23. The van der Waals surface area contributed by atoms with Gasteiger partial charge in [0, 0.05) is 31.1 Å². The van der Waals surface area contributed by atoms with Gasteiger partial charge < -0.3 is 10.5 Å². The summed E-state index contributed by atoms with van der Waals surface area (Å²) in [4.78, 5) is 3.67. The molecular formula is C10H15ClN2OS. The van der Waals surface area contributed by atoms with E-state index in [1.807, 2.05) is 6.07 Å². The molecule has 0 aliphatic carbocycles. The highest BCUT2D eigenvalue weighted by atomic mass is 35.5. The summed E-state index contributed by atoms with van der Waals surface area (Å²) in [5.41, 5.74) is 5.59. The van der Waals surface area contributed by atoms with Crippen molar-refractivity contribution >= 4 is 22.9 Å². The van der Waals surface area contributed by atoms with Gasteiger partial charge in [-0.2, -0.15) is 0 Å². The van der Waals surface area contributed by atoms with E-state index in [0.29, 0.717) is 6.54 Å². The minimum Gasteiger partial charge on any atom is -0.374 e. The molecule has 84 valence electrons. The molecule has 2 heterocycles. The summed E-state index contributed by atoms with van der Waals surface area (Å²) < 4.78 is 6.37. The first-order chi connectivity index (χ1) is 7.28. The molecule has 1 saturated heterocycles. The number of ether oxygens (including phenoxy) is 1. The standard InChI is InChI=1S/C10H15ClN2OS/c11-10-2-1-9(15-10)7-13-3-4-14-8(5-12)6-13/h1-2,8H,3-7,12H2/t8-/m0/s1. The fraction of sp³-hybridized carbons (Fsp3) is 0.600. The molecule has 0 bridgehead atoms. The molecule has 0 amide bonds. The molecule has 1 atom stereocenters. The number of thiophene rings is 1. The molecule has 1 aromatic heterocycles. The Balaban J connectivity index is 1.88. The van der Waals surface area contributed by atoms with Crippen LogP contribution in [0.15, 0.2) is 12.1 Å². The van der Waals surface area contributed by atoms with Gasteiger partial charge in [0.25, 0.3) is 0 Å². The van der Waals surface area contributed by atoms with E-state index in [1.165, 1.54) is 4.88 Å². The lowest BCUT2D eigenvalue weighted by atomic mass is 10.2. The van der Waals surface area contributed by atoms with Crippen LogP contribution in [0.25, 0.3) is 0 Å². The summed E-state index contributed by atoms with van der Waals surface area (Å²) >= 11 is 7.53. The minimum atomic E-state index is 0.189. The van der Waals surface area contributed by atoms with Crippen LogP contribution >= 0.6 is 22.9 Å². The lowest BCUT2D eigenvalue weighted by molar-refractivity contribution is -0.0257. The molecule has 0 radical (unpaired) electrons. The van der Waals surface area contributed by atoms with Gasteiger partial charge in [0.1, 0.15) is 0 Å². The molecule has 5 heteroatoms. The van der Waals surface area contributed by atoms with Gasteiger partial charge in [-0.05, 0) is 12.1 Å². The Kier molecular flexibility index (Phi) is 3.99. The van der Waals surface area contributed by atoms with Crippen LogP contribution in [0, 0.1) is 0 Å². The number of morpholine rings is 1. The zero-order valence-corrected chi connectivity index (χ0v) is 10.1. The maximum Gasteiger partial charge on any atom is 0.0931 e. The number of nitrogens with two attached hydrogens (primary N) is 1. The van der Waals surface area contributed by atoms with Crippen LogP contribution in [0.1, 0.15) is 4.88 Å². The zero-order chi connectivity index (χ0) is 10.7. The molecule has 0 aromatic carbocycles. The monoisotopic (exact) mass is 246 g/mol. The summed E-state index contributed by atoms with van der Waals surface area (Å²) in [7, 11) is 0. The molecule has 1 fully saturated rings. The third-order valence-corrected chi connectivity index (χ3v) is 3.71. The quantitative estimate of drug-likeness (QED) is 0.880. The van der Waals surface area contributed by atoms with Gasteiger partial charge in [-0.15, -0.1) is 11.3 Å².